The van der Waals surface area contributed by atoms with Crippen molar-refractivity contribution in [3.05, 3.63) is 74.8 Å². The van der Waals surface area contributed by atoms with Crippen molar-refractivity contribution in [1.29, 1.82) is 0 Å². The lowest BCUT2D eigenvalue weighted by atomic mass is 10.2. The SMILES string of the molecule is Clc1cccc(-n2ccc(-c3nnn(Cc4ccc(Br)cc4)n3)n2)c1Cl. The zero-order chi connectivity index (χ0) is 18.1. The Labute approximate surface area is 167 Å². The summed E-state index contributed by atoms with van der Waals surface area (Å²) in [5.74, 6) is 0.444. The summed E-state index contributed by atoms with van der Waals surface area (Å²) in [6, 6.07) is 15.1. The van der Waals surface area contributed by atoms with Gasteiger partial charge in [-0.3, -0.25) is 0 Å². The number of nitrogens with zero attached hydrogens (tertiary/aromatic N) is 6. The molecule has 26 heavy (non-hydrogen) atoms. The number of aromatic nitrogens is 6. The van der Waals surface area contributed by atoms with Gasteiger partial charge in [0.25, 0.3) is 0 Å². The molecule has 130 valence electrons. The third-order valence-corrected chi connectivity index (χ3v) is 5.02. The van der Waals surface area contributed by atoms with Crippen molar-refractivity contribution in [3.63, 3.8) is 0 Å². The van der Waals surface area contributed by atoms with E-state index in [1.165, 1.54) is 4.80 Å². The van der Waals surface area contributed by atoms with Gasteiger partial charge in [0.05, 0.1) is 22.3 Å². The van der Waals surface area contributed by atoms with Crippen LogP contribution in [0.3, 0.4) is 0 Å². The maximum Gasteiger partial charge on any atom is 0.225 e. The van der Waals surface area contributed by atoms with E-state index in [-0.39, 0.29) is 0 Å². The van der Waals surface area contributed by atoms with Gasteiger partial charge in [-0.25, -0.2) is 4.68 Å². The predicted molar refractivity (Wildman–Crippen MR) is 104 cm³/mol. The van der Waals surface area contributed by atoms with E-state index in [0.717, 1.165) is 10.0 Å². The molecule has 4 rings (SSSR count). The number of benzene rings is 2. The molecule has 0 unspecified atom stereocenters. The van der Waals surface area contributed by atoms with Crippen LogP contribution in [0.15, 0.2) is 59.2 Å². The van der Waals surface area contributed by atoms with Gasteiger partial charge in [0.15, 0.2) is 0 Å². The number of rotatable bonds is 4. The molecule has 2 aromatic heterocycles. The minimum absolute atomic E-state index is 0.440. The summed E-state index contributed by atoms with van der Waals surface area (Å²) in [6.07, 6.45) is 1.78. The largest absolute Gasteiger partial charge is 0.239 e. The molecule has 0 spiro atoms. The minimum Gasteiger partial charge on any atom is -0.239 e. The van der Waals surface area contributed by atoms with Crippen molar-refractivity contribution in [3.8, 4) is 17.2 Å². The number of tetrazole rings is 1. The van der Waals surface area contributed by atoms with Gasteiger partial charge in [-0.1, -0.05) is 57.3 Å². The van der Waals surface area contributed by atoms with E-state index < -0.39 is 0 Å². The monoisotopic (exact) mass is 448 g/mol. The van der Waals surface area contributed by atoms with Crippen molar-refractivity contribution < 1.29 is 0 Å². The van der Waals surface area contributed by atoms with Crippen molar-refractivity contribution in [2.75, 3.05) is 0 Å². The first-order valence-corrected chi connectivity index (χ1v) is 9.18. The highest BCUT2D eigenvalue weighted by Crippen LogP contribution is 2.28. The molecule has 0 atom stereocenters. The van der Waals surface area contributed by atoms with Crippen LogP contribution in [-0.2, 0) is 6.54 Å². The van der Waals surface area contributed by atoms with Crippen LogP contribution < -0.4 is 0 Å². The summed E-state index contributed by atoms with van der Waals surface area (Å²) in [4.78, 5) is 1.53. The molecule has 0 radical (unpaired) electrons. The smallest absolute Gasteiger partial charge is 0.225 e. The van der Waals surface area contributed by atoms with Gasteiger partial charge in [-0.05, 0) is 41.1 Å². The summed E-state index contributed by atoms with van der Waals surface area (Å²) >= 11 is 15.7. The standard InChI is InChI=1S/C17H11BrCl2N6/c18-12-6-4-11(5-7-12)10-26-23-17(21-24-26)14-8-9-25(22-14)15-3-1-2-13(19)16(15)20/h1-9H,10H2. The van der Waals surface area contributed by atoms with Crippen molar-refractivity contribution in [1.82, 2.24) is 30.0 Å². The molecule has 0 amide bonds. The normalized spacial score (nSPS) is 11.0. The third kappa shape index (κ3) is 3.51. The molecule has 0 saturated heterocycles. The Morgan fingerprint density at radius 1 is 0.962 bits per heavy atom. The maximum absolute atomic E-state index is 6.24. The van der Waals surface area contributed by atoms with E-state index in [4.69, 9.17) is 23.2 Å². The van der Waals surface area contributed by atoms with Gasteiger partial charge in [0.1, 0.15) is 5.69 Å². The molecule has 0 aliphatic heterocycles. The summed E-state index contributed by atoms with van der Waals surface area (Å²) in [6.45, 7) is 0.529. The lowest BCUT2D eigenvalue weighted by molar-refractivity contribution is 0.572. The second-order valence-electron chi connectivity index (χ2n) is 5.49. The maximum atomic E-state index is 6.24. The molecule has 0 aliphatic carbocycles. The highest BCUT2D eigenvalue weighted by molar-refractivity contribution is 9.10. The zero-order valence-electron chi connectivity index (χ0n) is 13.2. The Kier molecular flexibility index (Phi) is 4.76. The average Bonchev–Trinajstić information content (AvgIpc) is 3.29. The highest BCUT2D eigenvalue weighted by atomic mass is 79.9. The van der Waals surface area contributed by atoms with Gasteiger partial charge in [0, 0.05) is 10.7 Å². The summed E-state index contributed by atoms with van der Waals surface area (Å²) in [5.41, 5.74) is 2.36. The van der Waals surface area contributed by atoms with Gasteiger partial charge in [-0.15, -0.1) is 10.2 Å². The van der Waals surface area contributed by atoms with Gasteiger partial charge in [-0.2, -0.15) is 9.90 Å². The molecule has 0 N–H and O–H groups in total. The van der Waals surface area contributed by atoms with Crippen molar-refractivity contribution in [2.45, 2.75) is 6.54 Å². The molecule has 4 aromatic rings. The molecule has 2 heterocycles. The molecule has 9 heteroatoms. The molecular formula is C17H11BrCl2N6. The summed E-state index contributed by atoms with van der Waals surface area (Å²) in [7, 11) is 0. The second kappa shape index (κ2) is 7.19. The lowest BCUT2D eigenvalue weighted by Gasteiger charge is -2.04. The van der Waals surface area contributed by atoms with E-state index >= 15 is 0 Å². The molecule has 0 saturated carbocycles. The molecule has 0 aliphatic rings. The van der Waals surface area contributed by atoms with E-state index in [2.05, 4.69) is 36.4 Å². The van der Waals surface area contributed by atoms with Crippen molar-refractivity contribution in [2.24, 2.45) is 0 Å². The molecule has 2 aromatic carbocycles. The fraction of sp³-hybridized carbons (Fsp3) is 0.0588. The fourth-order valence-corrected chi connectivity index (χ4v) is 3.06. The number of halogens is 3. The van der Waals surface area contributed by atoms with Crippen molar-refractivity contribution >= 4 is 39.1 Å². The third-order valence-electron chi connectivity index (χ3n) is 3.69. The fourth-order valence-electron chi connectivity index (χ4n) is 2.41. The Hall–Kier alpha value is -2.22. The Balaban J connectivity index is 1.57. The van der Waals surface area contributed by atoms with Crippen LogP contribution in [0.5, 0.6) is 0 Å². The molecule has 6 nitrogen and oxygen atoms in total. The number of hydrogen-bond donors (Lipinski definition) is 0. The van der Waals surface area contributed by atoms with Gasteiger partial charge >= 0.3 is 0 Å². The van der Waals surface area contributed by atoms with Gasteiger partial charge < -0.3 is 0 Å². The molecule has 0 fully saturated rings. The Bertz CT molecular complexity index is 1060. The summed E-state index contributed by atoms with van der Waals surface area (Å²) in [5, 5.41) is 18.0. The van der Waals surface area contributed by atoms with Crippen LogP contribution in [0.25, 0.3) is 17.2 Å². The molecule has 0 bridgehead atoms. The first-order valence-electron chi connectivity index (χ1n) is 7.63. The summed E-state index contributed by atoms with van der Waals surface area (Å²) < 4.78 is 2.66. The Morgan fingerprint density at radius 3 is 2.58 bits per heavy atom. The van der Waals surface area contributed by atoms with Crippen LogP contribution >= 0.6 is 39.1 Å². The zero-order valence-corrected chi connectivity index (χ0v) is 16.3. The second-order valence-corrected chi connectivity index (χ2v) is 7.19. The van der Waals surface area contributed by atoms with Crippen LogP contribution in [0.1, 0.15) is 5.56 Å². The van der Waals surface area contributed by atoms with Crippen LogP contribution in [0.4, 0.5) is 0 Å². The lowest BCUT2D eigenvalue weighted by Crippen LogP contribution is -2.03. The topological polar surface area (TPSA) is 61.4 Å². The minimum atomic E-state index is 0.440. The van der Waals surface area contributed by atoms with E-state index in [1.807, 2.05) is 36.4 Å². The first kappa shape index (κ1) is 17.2. The van der Waals surface area contributed by atoms with E-state index in [9.17, 15) is 0 Å². The first-order chi connectivity index (χ1) is 12.6. The average molecular weight is 450 g/mol. The quantitative estimate of drug-likeness (QED) is 0.455. The highest BCUT2D eigenvalue weighted by Gasteiger charge is 2.12. The molecular weight excluding hydrogens is 439 g/mol. The predicted octanol–water partition coefficient (Wildman–Crippen LogP) is 4.64. The van der Waals surface area contributed by atoms with Gasteiger partial charge in [0.2, 0.25) is 5.82 Å². The van der Waals surface area contributed by atoms with E-state index in [1.54, 1.807) is 23.0 Å². The number of hydrogen-bond acceptors (Lipinski definition) is 4. The Morgan fingerprint density at radius 2 is 1.77 bits per heavy atom. The van der Waals surface area contributed by atoms with E-state index in [0.29, 0.717) is 33.8 Å². The van der Waals surface area contributed by atoms with Crippen LogP contribution in [0, 0.1) is 0 Å². The van der Waals surface area contributed by atoms with Crippen LogP contribution in [-0.4, -0.2) is 30.0 Å². The van der Waals surface area contributed by atoms with Crippen LogP contribution in [0.2, 0.25) is 10.0 Å².